The molecule has 4 heteroatoms. The van der Waals surface area contributed by atoms with Gasteiger partial charge in [0.2, 0.25) is 0 Å². The summed E-state index contributed by atoms with van der Waals surface area (Å²) in [5.41, 5.74) is 4.40. The van der Waals surface area contributed by atoms with Crippen molar-refractivity contribution in [3.8, 4) is 0 Å². The van der Waals surface area contributed by atoms with Crippen LogP contribution in [0.15, 0.2) is 42.5 Å². The van der Waals surface area contributed by atoms with Crippen molar-refractivity contribution in [2.24, 2.45) is 0 Å². The molecule has 0 aromatic heterocycles. The van der Waals surface area contributed by atoms with Crippen molar-refractivity contribution in [1.29, 1.82) is 0 Å². The van der Waals surface area contributed by atoms with Crippen molar-refractivity contribution < 1.29 is 4.21 Å². The third-order valence-corrected chi connectivity index (χ3v) is 4.11. The first-order valence-corrected chi connectivity index (χ1v) is 8.53. The highest BCUT2D eigenvalue weighted by atomic mass is 35.5. The smallest absolute Gasteiger partial charge is 0.0498 e. The molecule has 0 unspecified atom stereocenters. The van der Waals surface area contributed by atoms with Crippen LogP contribution in [-0.2, 0) is 23.1 Å². The first kappa shape index (κ1) is 15.1. The van der Waals surface area contributed by atoms with Crippen LogP contribution in [0.4, 0.5) is 5.69 Å². The minimum atomic E-state index is -0.890. The van der Waals surface area contributed by atoms with Gasteiger partial charge in [-0.15, -0.1) is 0 Å². The zero-order valence-electron chi connectivity index (χ0n) is 11.7. The Morgan fingerprint density at radius 3 is 2.50 bits per heavy atom. The Bertz CT molecular complexity index is 610. The lowest BCUT2D eigenvalue weighted by molar-refractivity contribution is 0.686. The Labute approximate surface area is 127 Å². The number of aryl methyl sites for hydroxylation is 1. The summed E-state index contributed by atoms with van der Waals surface area (Å²) in [5.74, 6) is 0.485. The first-order chi connectivity index (χ1) is 9.54. The average molecular weight is 308 g/mol. The van der Waals surface area contributed by atoms with Crippen LogP contribution in [0.2, 0.25) is 5.02 Å². The minimum absolute atomic E-state index is 0.485. The van der Waals surface area contributed by atoms with Crippen molar-refractivity contribution in [3.05, 3.63) is 64.2 Å². The SMILES string of the molecule is Cc1ccc(CNc2ccc(Cl)c(C[S@](C)=O)c2)cc1. The average Bonchev–Trinajstić information content (AvgIpc) is 2.41. The van der Waals surface area contributed by atoms with Crippen molar-refractivity contribution in [1.82, 2.24) is 0 Å². The molecule has 2 aromatic carbocycles. The Balaban J connectivity index is 2.06. The summed E-state index contributed by atoms with van der Waals surface area (Å²) >= 11 is 6.11. The lowest BCUT2D eigenvalue weighted by Crippen LogP contribution is -2.01. The Morgan fingerprint density at radius 1 is 1.15 bits per heavy atom. The fraction of sp³-hybridized carbons (Fsp3) is 0.250. The summed E-state index contributed by atoms with van der Waals surface area (Å²) in [7, 11) is -0.890. The number of hydrogen-bond acceptors (Lipinski definition) is 2. The van der Waals surface area contributed by atoms with Gasteiger partial charge < -0.3 is 5.32 Å². The van der Waals surface area contributed by atoms with E-state index >= 15 is 0 Å². The number of anilines is 1. The molecular weight excluding hydrogens is 290 g/mol. The molecule has 0 aliphatic carbocycles. The van der Waals surface area contributed by atoms with Gasteiger partial charge in [-0.3, -0.25) is 4.21 Å². The van der Waals surface area contributed by atoms with E-state index in [4.69, 9.17) is 11.6 Å². The lowest BCUT2D eigenvalue weighted by atomic mass is 10.1. The molecule has 0 amide bonds. The van der Waals surface area contributed by atoms with E-state index in [0.717, 1.165) is 17.8 Å². The monoisotopic (exact) mass is 307 g/mol. The second-order valence-electron chi connectivity index (χ2n) is 4.86. The van der Waals surface area contributed by atoms with Crippen LogP contribution in [0.3, 0.4) is 0 Å². The van der Waals surface area contributed by atoms with Crippen LogP contribution in [0, 0.1) is 6.92 Å². The summed E-state index contributed by atoms with van der Waals surface area (Å²) in [4.78, 5) is 0. The van der Waals surface area contributed by atoms with Gasteiger partial charge in [0, 0.05) is 40.1 Å². The molecule has 0 heterocycles. The molecular formula is C16H18ClNOS. The maximum Gasteiger partial charge on any atom is 0.0498 e. The molecule has 0 spiro atoms. The standard InChI is InChI=1S/C16H18ClNOS/c1-12-3-5-13(6-4-12)10-18-15-7-8-16(17)14(9-15)11-20(2)19/h3-9,18H,10-11H2,1-2H3/t20-/m0/s1. The van der Waals surface area contributed by atoms with Crippen LogP contribution >= 0.6 is 11.6 Å². The second kappa shape index (κ2) is 6.91. The van der Waals surface area contributed by atoms with Crippen molar-refractivity contribution >= 4 is 28.1 Å². The Kier molecular flexibility index (Phi) is 5.21. The molecule has 20 heavy (non-hydrogen) atoms. The van der Waals surface area contributed by atoms with Crippen molar-refractivity contribution in [2.45, 2.75) is 19.2 Å². The topological polar surface area (TPSA) is 29.1 Å². The lowest BCUT2D eigenvalue weighted by Gasteiger charge is -2.10. The summed E-state index contributed by atoms with van der Waals surface area (Å²) in [6, 6.07) is 14.2. The van der Waals surface area contributed by atoms with Crippen LogP contribution in [0.25, 0.3) is 0 Å². The zero-order chi connectivity index (χ0) is 14.5. The highest BCUT2D eigenvalue weighted by Gasteiger charge is 2.04. The maximum absolute atomic E-state index is 11.3. The van der Waals surface area contributed by atoms with E-state index in [0.29, 0.717) is 10.8 Å². The second-order valence-corrected chi connectivity index (χ2v) is 6.71. The van der Waals surface area contributed by atoms with E-state index in [1.165, 1.54) is 11.1 Å². The van der Waals surface area contributed by atoms with E-state index in [1.54, 1.807) is 6.26 Å². The fourth-order valence-electron chi connectivity index (χ4n) is 1.92. The predicted molar refractivity (Wildman–Crippen MR) is 87.7 cm³/mol. The van der Waals surface area contributed by atoms with E-state index in [-0.39, 0.29) is 0 Å². The molecule has 0 saturated heterocycles. The molecule has 1 atom stereocenters. The molecule has 0 radical (unpaired) electrons. The summed E-state index contributed by atoms with van der Waals surface area (Å²) in [5, 5.41) is 4.03. The van der Waals surface area contributed by atoms with Gasteiger partial charge in [-0.05, 0) is 36.2 Å². The molecule has 0 bridgehead atoms. The van der Waals surface area contributed by atoms with Crippen LogP contribution in [-0.4, -0.2) is 10.5 Å². The van der Waals surface area contributed by atoms with Crippen LogP contribution < -0.4 is 5.32 Å². The van der Waals surface area contributed by atoms with Crippen molar-refractivity contribution in [3.63, 3.8) is 0 Å². The van der Waals surface area contributed by atoms with E-state index in [1.807, 2.05) is 18.2 Å². The van der Waals surface area contributed by atoms with Gasteiger partial charge in [-0.2, -0.15) is 0 Å². The quantitative estimate of drug-likeness (QED) is 0.899. The van der Waals surface area contributed by atoms with Gasteiger partial charge >= 0.3 is 0 Å². The molecule has 1 N–H and O–H groups in total. The van der Waals surface area contributed by atoms with Gasteiger partial charge in [0.15, 0.2) is 0 Å². The molecule has 0 aliphatic heterocycles. The highest BCUT2D eigenvalue weighted by Crippen LogP contribution is 2.22. The van der Waals surface area contributed by atoms with E-state index in [2.05, 4.69) is 36.5 Å². The molecule has 2 nitrogen and oxygen atoms in total. The molecule has 0 fully saturated rings. The molecule has 106 valence electrons. The molecule has 0 aliphatic rings. The summed E-state index contributed by atoms with van der Waals surface area (Å²) in [6.45, 7) is 2.84. The Hall–Kier alpha value is -1.32. The molecule has 0 saturated carbocycles. The first-order valence-electron chi connectivity index (χ1n) is 6.42. The normalized spacial score (nSPS) is 12.2. The van der Waals surface area contributed by atoms with Crippen LogP contribution in [0.1, 0.15) is 16.7 Å². The minimum Gasteiger partial charge on any atom is -0.381 e. The molecule has 2 rings (SSSR count). The highest BCUT2D eigenvalue weighted by molar-refractivity contribution is 7.83. The number of nitrogens with one attached hydrogen (secondary N) is 1. The van der Waals surface area contributed by atoms with Crippen LogP contribution in [0.5, 0.6) is 0 Å². The van der Waals surface area contributed by atoms with Gasteiger partial charge in [-0.1, -0.05) is 41.4 Å². The van der Waals surface area contributed by atoms with E-state index in [9.17, 15) is 4.21 Å². The van der Waals surface area contributed by atoms with Gasteiger partial charge in [0.25, 0.3) is 0 Å². The Morgan fingerprint density at radius 2 is 1.85 bits per heavy atom. The third-order valence-electron chi connectivity index (χ3n) is 3.02. The number of halogens is 1. The number of benzene rings is 2. The fourth-order valence-corrected chi connectivity index (χ4v) is 2.86. The van der Waals surface area contributed by atoms with Gasteiger partial charge in [0.1, 0.15) is 0 Å². The summed E-state index contributed by atoms with van der Waals surface area (Å²) in [6.07, 6.45) is 1.68. The number of hydrogen-bond donors (Lipinski definition) is 1. The summed E-state index contributed by atoms with van der Waals surface area (Å²) < 4.78 is 11.3. The van der Waals surface area contributed by atoms with Crippen molar-refractivity contribution in [2.75, 3.05) is 11.6 Å². The van der Waals surface area contributed by atoms with Gasteiger partial charge in [0.05, 0.1) is 0 Å². The number of rotatable bonds is 5. The van der Waals surface area contributed by atoms with Gasteiger partial charge in [-0.25, -0.2) is 0 Å². The largest absolute Gasteiger partial charge is 0.381 e. The van der Waals surface area contributed by atoms with E-state index < -0.39 is 10.8 Å². The third kappa shape index (κ3) is 4.36. The molecule has 2 aromatic rings. The zero-order valence-corrected chi connectivity index (χ0v) is 13.2. The predicted octanol–water partition coefficient (Wildman–Crippen LogP) is 4.14. The maximum atomic E-state index is 11.3.